The van der Waals surface area contributed by atoms with Gasteiger partial charge in [0.1, 0.15) is 12.1 Å². The Kier molecular flexibility index (Phi) is 6.56. The van der Waals surface area contributed by atoms with Crippen molar-refractivity contribution in [2.45, 2.75) is 58.0 Å². The van der Waals surface area contributed by atoms with E-state index in [1.54, 1.807) is 24.1 Å². The lowest BCUT2D eigenvalue weighted by atomic mass is 9.81. The predicted molar refractivity (Wildman–Crippen MR) is 109 cm³/mol. The molecule has 0 bridgehead atoms. The smallest absolute Gasteiger partial charge is 0.322 e. The Balaban J connectivity index is 1.57. The number of carbonyl (C=O) groups is 3. The molecule has 4 amide bonds. The van der Waals surface area contributed by atoms with Gasteiger partial charge in [-0.25, -0.2) is 4.79 Å². The minimum absolute atomic E-state index is 0.241. The van der Waals surface area contributed by atoms with Crippen LogP contribution >= 0.6 is 0 Å². The summed E-state index contributed by atoms with van der Waals surface area (Å²) in [5.41, 5.74) is -0.195. The molecule has 1 aliphatic carbocycles. The highest BCUT2D eigenvalue weighted by atomic mass is 16.2. The van der Waals surface area contributed by atoms with E-state index in [-0.39, 0.29) is 18.5 Å². The molecule has 2 fully saturated rings. The molecule has 1 N–H and O–H groups in total. The van der Waals surface area contributed by atoms with Crippen molar-refractivity contribution in [1.29, 1.82) is 0 Å². The van der Waals surface area contributed by atoms with Crippen LogP contribution in [0.3, 0.4) is 0 Å². The topological polar surface area (TPSA) is 90.8 Å². The Morgan fingerprint density at radius 3 is 2.55 bits per heavy atom. The van der Waals surface area contributed by atoms with Gasteiger partial charge in [0.05, 0.1) is 18.4 Å². The summed E-state index contributed by atoms with van der Waals surface area (Å²) in [5, 5.41) is 7.02. The summed E-state index contributed by atoms with van der Waals surface area (Å²) in [5.74, 6) is -0.633. The van der Waals surface area contributed by atoms with Crippen LogP contribution in [0.25, 0.3) is 0 Å². The molecule has 1 aromatic heterocycles. The summed E-state index contributed by atoms with van der Waals surface area (Å²) >= 11 is 0. The lowest BCUT2D eigenvalue weighted by Crippen LogP contribution is -2.49. The van der Waals surface area contributed by atoms with Crippen LogP contribution in [-0.2, 0) is 16.1 Å². The van der Waals surface area contributed by atoms with Gasteiger partial charge >= 0.3 is 6.03 Å². The number of hydrogen-bond donors (Lipinski definition) is 1. The van der Waals surface area contributed by atoms with Gasteiger partial charge in [-0.1, -0.05) is 33.1 Å². The van der Waals surface area contributed by atoms with Gasteiger partial charge in [-0.2, -0.15) is 5.10 Å². The molecule has 1 aliphatic heterocycles. The van der Waals surface area contributed by atoms with Crippen molar-refractivity contribution in [1.82, 2.24) is 24.5 Å². The van der Waals surface area contributed by atoms with Gasteiger partial charge in [-0.15, -0.1) is 0 Å². The van der Waals surface area contributed by atoms with Gasteiger partial charge in [0.15, 0.2) is 0 Å². The zero-order chi connectivity index (χ0) is 21.0. The van der Waals surface area contributed by atoms with E-state index in [1.165, 1.54) is 4.90 Å². The summed E-state index contributed by atoms with van der Waals surface area (Å²) in [7, 11) is 1.67. The zero-order valence-electron chi connectivity index (χ0n) is 17.7. The summed E-state index contributed by atoms with van der Waals surface area (Å²) in [6.07, 6.45) is 7.63. The van der Waals surface area contributed by atoms with Gasteiger partial charge in [0.25, 0.3) is 5.91 Å². The highest BCUT2D eigenvalue weighted by Gasteiger charge is 2.55. The lowest BCUT2D eigenvalue weighted by Gasteiger charge is -2.35. The number of urea groups is 1. The number of imide groups is 1. The molecule has 3 rings (SSSR count). The third kappa shape index (κ3) is 4.29. The molecule has 0 unspecified atom stereocenters. The number of anilines is 1. The molecule has 0 aromatic carbocycles. The minimum atomic E-state index is -0.759. The van der Waals surface area contributed by atoms with Crippen LogP contribution in [0.1, 0.15) is 46.0 Å². The zero-order valence-corrected chi connectivity index (χ0v) is 17.7. The Morgan fingerprint density at radius 1 is 1.21 bits per heavy atom. The van der Waals surface area contributed by atoms with Crippen molar-refractivity contribution in [3.63, 3.8) is 0 Å². The molecule has 1 saturated heterocycles. The van der Waals surface area contributed by atoms with Gasteiger partial charge in [-0.3, -0.25) is 19.2 Å². The van der Waals surface area contributed by atoms with Gasteiger partial charge in [0.2, 0.25) is 5.91 Å². The molecular weight excluding hydrogens is 372 g/mol. The van der Waals surface area contributed by atoms with Gasteiger partial charge in [-0.05, 0) is 25.9 Å². The van der Waals surface area contributed by atoms with E-state index in [1.807, 2.05) is 0 Å². The van der Waals surface area contributed by atoms with Crippen molar-refractivity contribution in [2.75, 3.05) is 38.5 Å². The average Bonchev–Trinajstić information content (AvgIpc) is 3.23. The number of nitrogens with one attached hydrogen (secondary N) is 1. The van der Waals surface area contributed by atoms with Crippen LogP contribution in [0, 0.1) is 0 Å². The summed E-state index contributed by atoms with van der Waals surface area (Å²) in [4.78, 5) is 43.0. The first kappa shape index (κ1) is 21.3. The van der Waals surface area contributed by atoms with E-state index >= 15 is 0 Å². The first-order valence-corrected chi connectivity index (χ1v) is 10.6. The maximum Gasteiger partial charge on any atom is 0.327 e. The molecule has 1 spiro atoms. The molecule has 2 heterocycles. The van der Waals surface area contributed by atoms with Crippen LogP contribution in [0.4, 0.5) is 10.5 Å². The van der Waals surface area contributed by atoms with E-state index in [0.717, 1.165) is 50.3 Å². The molecule has 0 atom stereocenters. The standard InChI is InChI=1S/C20H32N6O3/c1-4-24(5-2)11-12-25-14-16(13-21-25)22-17(27)15-26-18(28)20(23(3)19(26)29)9-7-6-8-10-20/h13-14H,4-12,15H2,1-3H3,(H,22,27). The average molecular weight is 405 g/mol. The second kappa shape index (κ2) is 8.94. The quantitative estimate of drug-likeness (QED) is 0.667. The number of carbonyl (C=O) groups excluding carboxylic acids is 3. The van der Waals surface area contributed by atoms with Crippen LogP contribution < -0.4 is 5.32 Å². The van der Waals surface area contributed by atoms with Crippen molar-refractivity contribution >= 4 is 23.5 Å². The maximum atomic E-state index is 13.0. The number of amides is 4. The molecule has 9 nitrogen and oxygen atoms in total. The molecule has 1 saturated carbocycles. The first-order valence-electron chi connectivity index (χ1n) is 10.6. The molecule has 9 heteroatoms. The number of rotatable bonds is 8. The Hall–Kier alpha value is -2.42. The largest absolute Gasteiger partial charge is 0.327 e. The fourth-order valence-corrected chi connectivity index (χ4v) is 4.35. The third-order valence-electron chi connectivity index (χ3n) is 6.24. The van der Waals surface area contributed by atoms with Crippen LogP contribution in [0.2, 0.25) is 0 Å². The van der Waals surface area contributed by atoms with Crippen LogP contribution in [0.15, 0.2) is 12.4 Å². The SMILES string of the molecule is CCN(CC)CCn1cc(NC(=O)CN2C(=O)N(C)C3(CCCCC3)C2=O)cn1. The molecule has 1 aromatic rings. The fraction of sp³-hybridized carbons (Fsp3) is 0.700. The Labute approximate surface area is 172 Å². The molecule has 0 radical (unpaired) electrons. The third-order valence-corrected chi connectivity index (χ3v) is 6.24. The van der Waals surface area contributed by atoms with Gasteiger partial charge < -0.3 is 15.1 Å². The van der Waals surface area contributed by atoms with Crippen molar-refractivity contribution in [3.8, 4) is 0 Å². The van der Waals surface area contributed by atoms with Gasteiger partial charge in [0, 0.05) is 19.8 Å². The maximum absolute atomic E-state index is 13.0. The van der Waals surface area contributed by atoms with E-state index < -0.39 is 11.4 Å². The Morgan fingerprint density at radius 2 is 1.90 bits per heavy atom. The second-order valence-corrected chi connectivity index (χ2v) is 7.89. The van der Waals surface area contributed by atoms with E-state index in [0.29, 0.717) is 18.5 Å². The first-order chi connectivity index (χ1) is 13.9. The molecule has 29 heavy (non-hydrogen) atoms. The predicted octanol–water partition coefficient (Wildman–Crippen LogP) is 1.76. The van der Waals surface area contributed by atoms with E-state index in [2.05, 4.69) is 29.2 Å². The normalized spacial score (nSPS) is 18.9. The highest BCUT2D eigenvalue weighted by molar-refractivity contribution is 6.10. The van der Waals surface area contributed by atoms with Crippen molar-refractivity contribution < 1.29 is 14.4 Å². The van der Waals surface area contributed by atoms with Crippen LogP contribution in [0.5, 0.6) is 0 Å². The lowest BCUT2D eigenvalue weighted by molar-refractivity contribution is -0.136. The highest BCUT2D eigenvalue weighted by Crippen LogP contribution is 2.39. The summed E-state index contributed by atoms with van der Waals surface area (Å²) in [6.45, 7) is 7.54. The summed E-state index contributed by atoms with van der Waals surface area (Å²) in [6, 6.07) is -0.387. The van der Waals surface area contributed by atoms with E-state index in [9.17, 15) is 14.4 Å². The van der Waals surface area contributed by atoms with Crippen molar-refractivity contribution in [3.05, 3.63) is 12.4 Å². The fourth-order valence-electron chi connectivity index (χ4n) is 4.35. The summed E-state index contributed by atoms with van der Waals surface area (Å²) < 4.78 is 1.78. The van der Waals surface area contributed by atoms with Crippen molar-refractivity contribution in [2.24, 2.45) is 0 Å². The Bertz CT molecular complexity index is 751. The minimum Gasteiger partial charge on any atom is -0.322 e. The monoisotopic (exact) mass is 404 g/mol. The second-order valence-electron chi connectivity index (χ2n) is 7.89. The number of likely N-dealkylation sites (N-methyl/N-ethyl adjacent to an activating group) is 2. The number of nitrogens with zero attached hydrogens (tertiary/aromatic N) is 5. The number of hydrogen-bond acceptors (Lipinski definition) is 5. The van der Waals surface area contributed by atoms with E-state index in [4.69, 9.17) is 0 Å². The number of aromatic nitrogens is 2. The molecule has 2 aliphatic rings. The van der Waals surface area contributed by atoms with Crippen LogP contribution in [-0.4, -0.2) is 81.1 Å². The molecule has 160 valence electrons. The molecular formula is C20H32N6O3.